The standard InChI is InChI=1S/C13H19F2N3O2S/c1-8-4-3-5-9(2)18(8)17-21(19,20)12-7-10(16)6-11(14)13(12)15/h6-9,17H,3-5,16H2,1-2H3. The van der Waals surface area contributed by atoms with Gasteiger partial charge in [0, 0.05) is 17.8 Å². The van der Waals surface area contributed by atoms with E-state index in [1.54, 1.807) is 5.01 Å². The summed E-state index contributed by atoms with van der Waals surface area (Å²) in [5.41, 5.74) is 5.26. The molecule has 0 bridgehead atoms. The van der Waals surface area contributed by atoms with Crippen LogP contribution in [0.2, 0.25) is 0 Å². The van der Waals surface area contributed by atoms with E-state index in [-0.39, 0.29) is 17.8 Å². The van der Waals surface area contributed by atoms with Crippen LogP contribution in [0.1, 0.15) is 33.1 Å². The zero-order valence-electron chi connectivity index (χ0n) is 11.9. The van der Waals surface area contributed by atoms with Crippen molar-refractivity contribution < 1.29 is 17.2 Å². The highest BCUT2D eigenvalue weighted by Crippen LogP contribution is 2.24. The Morgan fingerprint density at radius 1 is 1.24 bits per heavy atom. The van der Waals surface area contributed by atoms with Crippen molar-refractivity contribution in [3.8, 4) is 0 Å². The number of hydrogen-bond donors (Lipinski definition) is 2. The molecule has 0 spiro atoms. The minimum absolute atomic E-state index is 0.0162. The second-order valence-electron chi connectivity index (χ2n) is 5.45. The predicted octanol–water partition coefficient (Wildman–Crippen LogP) is 2.00. The van der Waals surface area contributed by atoms with Gasteiger partial charge in [0.05, 0.1) is 0 Å². The molecular weight excluding hydrogens is 300 g/mol. The SMILES string of the molecule is CC1CCCC(C)N1NS(=O)(=O)c1cc(N)cc(F)c1F. The zero-order valence-corrected chi connectivity index (χ0v) is 12.8. The van der Waals surface area contributed by atoms with Crippen LogP contribution in [0.3, 0.4) is 0 Å². The monoisotopic (exact) mass is 319 g/mol. The maximum Gasteiger partial charge on any atom is 0.256 e. The van der Waals surface area contributed by atoms with Gasteiger partial charge in [0.25, 0.3) is 10.0 Å². The summed E-state index contributed by atoms with van der Waals surface area (Å²) in [7, 11) is -4.22. The maximum atomic E-state index is 13.8. The number of sulfonamides is 1. The van der Waals surface area contributed by atoms with E-state index >= 15 is 0 Å². The Hall–Kier alpha value is -1.25. The third-order valence-corrected chi connectivity index (χ3v) is 5.05. The first-order valence-electron chi connectivity index (χ1n) is 6.77. The number of anilines is 1. The number of hydrogen-bond acceptors (Lipinski definition) is 4. The van der Waals surface area contributed by atoms with Gasteiger partial charge in [0.2, 0.25) is 0 Å². The summed E-state index contributed by atoms with van der Waals surface area (Å²) < 4.78 is 51.7. The van der Waals surface area contributed by atoms with Crippen molar-refractivity contribution in [1.29, 1.82) is 0 Å². The Labute approximate surface area is 123 Å². The molecule has 0 radical (unpaired) electrons. The lowest BCUT2D eigenvalue weighted by Crippen LogP contribution is -2.54. The highest BCUT2D eigenvalue weighted by molar-refractivity contribution is 7.89. The topological polar surface area (TPSA) is 75.4 Å². The van der Waals surface area contributed by atoms with E-state index in [0.29, 0.717) is 0 Å². The Morgan fingerprint density at radius 3 is 2.38 bits per heavy atom. The highest BCUT2D eigenvalue weighted by atomic mass is 32.2. The first-order valence-corrected chi connectivity index (χ1v) is 8.26. The van der Waals surface area contributed by atoms with E-state index in [0.717, 1.165) is 31.4 Å². The van der Waals surface area contributed by atoms with Gasteiger partial charge in [0.1, 0.15) is 4.90 Å². The fraction of sp³-hybridized carbons (Fsp3) is 0.538. The van der Waals surface area contributed by atoms with Gasteiger partial charge >= 0.3 is 0 Å². The van der Waals surface area contributed by atoms with Crippen LogP contribution in [0.15, 0.2) is 17.0 Å². The molecule has 0 aliphatic carbocycles. The van der Waals surface area contributed by atoms with Gasteiger partial charge in [-0.1, -0.05) is 6.42 Å². The van der Waals surface area contributed by atoms with Crippen LogP contribution in [0, 0.1) is 11.6 Å². The quantitative estimate of drug-likeness (QED) is 0.836. The van der Waals surface area contributed by atoms with Crippen LogP contribution in [0.5, 0.6) is 0 Å². The fourth-order valence-corrected chi connectivity index (χ4v) is 3.93. The van der Waals surface area contributed by atoms with Crippen LogP contribution < -0.4 is 10.6 Å². The number of piperidine rings is 1. The van der Waals surface area contributed by atoms with Crippen molar-refractivity contribution in [2.45, 2.75) is 50.1 Å². The van der Waals surface area contributed by atoms with E-state index in [9.17, 15) is 17.2 Å². The van der Waals surface area contributed by atoms with Crippen LogP contribution in [0.25, 0.3) is 0 Å². The van der Waals surface area contributed by atoms with E-state index in [1.165, 1.54) is 0 Å². The number of nitrogen functional groups attached to an aromatic ring is 1. The van der Waals surface area contributed by atoms with Crippen molar-refractivity contribution in [2.24, 2.45) is 0 Å². The minimum Gasteiger partial charge on any atom is -0.399 e. The summed E-state index contributed by atoms with van der Waals surface area (Å²) >= 11 is 0. The molecule has 0 amide bonds. The number of rotatable bonds is 3. The van der Waals surface area contributed by atoms with Crippen molar-refractivity contribution in [3.05, 3.63) is 23.8 Å². The molecule has 1 fully saturated rings. The summed E-state index contributed by atoms with van der Waals surface area (Å²) in [6.07, 6.45) is 2.67. The number of hydrazine groups is 1. The molecular formula is C13H19F2N3O2S. The van der Waals surface area contributed by atoms with Crippen LogP contribution in [0.4, 0.5) is 14.5 Å². The number of nitrogens with zero attached hydrogens (tertiary/aromatic N) is 1. The van der Waals surface area contributed by atoms with Crippen molar-refractivity contribution >= 4 is 15.7 Å². The van der Waals surface area contributed by atoms with Crippen LogP contribution in [-0.2, 0) is 10.0 Å². The van der Waals surface area contributed by atoms with Crippen LogP contribution in [-0.4, -0.2) is 25.5 Å². The normalized spacial score (nSPS) is 24.2. The van der Waals surface area contributed by atoms with Crippen LogP contribution >= 0.6 is 0 Å². The fourth-order valence-electron chi connectivity index (χ4n) is 2.57. The third-order valence-electron chi connectivity index (χ3n) is 3.73. The molecule has 2 atom stereocenters. The number of benzene rings is 1. The lowest BCUT2D eigenvalue weighted by Gasteiger charge is -2.38. The number of nitrogens with one attached hydrogen (secondary N) is 1. The molecule has 1 aromatic carbocycles. The predicted molar refractivity (Wildman–Crippen MR) is 75.7 cm³/mol. The molecule has 2 rings (SSSR count). The Balaban J connectivity index is 2.34. The Kier molecular flexibility index (Phi) is 4.50. The molecule has 1 saturated heterocycles. The lowest BCUT2D eigenvalue weighted by molar-refractivity contribution is 0.0789. The third kappa shape index (κ3) is 3.33. The van der Waals surface area contributed by atoms with Gasteiger partial charge < -0.3 is 5.73 Å². The Bertz CT molecular complexity index is 627. The second kappa shape index (κ2) is 5.86. The smallest absolute Gasteiger partial charge is 0.256 e. The summed E-state index contributed by atoms with van der Waals surface area (Å²) in [6, 6.07) is 1.63. The lowest BCUT2D eigenvalue weighted by atomic mass is 10.0. The van der Waals surface area contributed by atoms with Gasteiger partial charge in [-0.2, -0.15) is 0 Å². The second-order valence-corrected chi connectivity index (χ2v) is 7.08. The molecule has 3 N–H and O–H groups in total. The zero-order chi connectivity index (χ0) is 15.8. The first kappa shape index (κ1) is 16.1. The minimum atomic E-state index is -4.22. The van der Waals surface area contributed by atoms with Gasteiger partial charge in [-0.05, 0) is 38.8 Å². The van der Waals surface area contributed by atoms with E-state index in [1.807, 2.05) is 13.8 Å². The summed E-state index contributed by atoms with van der Waals surface area (Å²) in [5, 5.41) is 1.57. The van der Waals surface area contributed by atoms with Crippen molar-refractivity contribution in [3.63, 3.8) is 0 Å². The molecule has 118 valence electrons. The maximum absolute atomic E-state index is 13.8. The summed E-state index contributed by atoms with van der Waals surface area (Å²) in [4.78, 5) is 1.58. The molecule has 1 heterocycles. The first-order chi connectivity index (χ1) is 9.72. The van der Waals surface area contributed by atoms with Gasteiger partial charge in [-0.3, -0.25) is 0 Å². The van der Waals surface area contributed by atoms with Gasteiger partial charge in [-0.25, -0.2) is 22.2 Å². The van der Waals surface area contributed by atoms with Gasteiger partial charge in [0.15, 0.2) is 11.6 Å². The van der Waals surface area contributed by atoms with E-state index in [4.69, 9.17) is 5.73 Å². The molecule has 0 aromatic heterocycles. The summed E-state index contributed by atoms with van der Waals surface area (Å²) in [5.74, 6) is -2.70. The molecule has 5 nitrogen and oxygen atoms in total. The van der Waals surface area contributed by atoms with Crippen molar-refractivity contribution in [2.75, 3.05) is 5.73 Å². The Morgan fingerprint density at radius 2 is 1.81 bits per heavy atom. The van der Waals surface area contributed by atoms with E-state index in [2.05, 4.69) is 4.83 Å². The average molecular weight is 319 g/mol. The molecule has 1 aromatic rings. The van der Waals surface area contributed by atoms with Crippen molar-refractivity contribution in [1.82, 2.24) is 9.84 Å². The molecule has 8 heteroatoms. The number of halogens is 2. The van der Waals surface area contributed by atoms with E-state index < -0.39 is 26.6 Å². The molecule has 21 heavy (non-hydrogen) atoms. The molecule has 1 aliphatic heterocycles. The molecule has 1 aliphatic rings. The molecule has 0 saturated carbocycles. The largest absolute Gasteiger partial charge is 0.399 e. The molecule has 2 unspecified atom stereocenters. The highest BCUT2D eigenvalue weighted by Gasteiger charge is 2.31. The average Bonchev–Trinajstić information content (AvgIpc) is 2.38. The summed E-state index contributed by atoms with van der Waals surface area (Å²) in [6.45, 7) is 3.77. The number of nitrogens with two attached hydrogens (primary N) is 1. The van der Waals surface area contributed by atoms with Gasteiger partial charge in [-0.15, -0.1) is 4.83 Å².